The van der Waals surface area contributed by atoms with Crippen LogP contribution in [-0.2, 0) is 27.3 Å². The van der Waals surface area contributed by atoms with E-state index in [-0.39, 0.29) is 30.6 Å². The quantitative estimate of drug-likeness (QED) is 0.330. The van der Waals surface area contributed by atoms with E-state index < -0.39 is 12.1 Å². The highest BCUT2D eigenvalue weighted by Crippen LogP contribution is 2.01. The van der Waals surface area contributed by atoms with Crippen molar-refractivity contribution in [3.8, 4) is 0 Å². The van der Waals surface area contributed by atoms with Crippen LogP contribution in [0.15, 0.2) is 6.20 Å². The van der Waals surface area contributed by atoms with Crippen LogP contribution in [-0.4, -0.2) is 56.5 Å². The Labute approximate surface area is 158 Å². The Morgan fingerprint density at radius 1 is 1.26 bits per heavy atom. The summed E-state index contributed by atoms with van der Waals surface area (Å²) in [6, 6.07) is -0.634. The fourth-order valence-corrected chi connectivity index (χ4v) is 2.39. The molecule has 0 unspecified atom stereocenters. The average Bonchev–Trinajstić information content (AvgIpc) is 3.02. The molecule has 0 aliphatic carbocycles. The van der Waals surface area contributed by atoms with Gasteiger partial charge < -0.3 is 21.5 Å². The van der Waals surface area contributed by atoms with Gasteiger partial charge in [0.2, 0.25) is 17.7 Å². The maximum atomic E-state index is 11.9. The summed E-state index contributed by atoms with van der Waals surface area (Å²) in [6.07, 6.45) is 4.40. The molecule has 5 N–H and O–H groups in total. The second-order valence-electron chi connectivity index (χ2n) is 6.63. The summed E-state index contributed by atoms with van der Waals surface area (Å²) in [7, 11) is 0. The van der Waals surface area contributed by atoms with Crippen molar-refractivity contribution < 1.29 is 19.5 Å². The lowest BCUT2D eigenvalue weighted by atomic mass is 10.2. The summed E-state index contributed by atoms with van der Waals surface area (Å²) in [6.45, 7) is 4.36. The number of amides is 3. The molecule has 0 bridgehead atoms. The Morgan fingerprint density at radius 2 is 2.00 bits per heavy atom. The number of unbranched alkanes of at least 4 members (excludes halogenated alkanes) is 2. The van der Waals surface area contributed by atoms with E-state index in [0.29, 0.717) is 19.5 Å². The van der Waals surface area contributed by atoms with Gasteiger partial charge in [-0.25, -0.2) is 0 Å². The smallest absolute Gasteiger partial charge is 0.242 e. The summed E-state index contributed by atoms with van der Waals surface area (Å²) >= 11 is 0. The number of nitrogens with two attached hydrogens (primary N) is 1. The van der Waals surface area contributed by atoms with Crippen LogP contribution in [0.25, 0.3) is 0 Å². The second-order valence-corrected chi connectivity index (χ2v) is 6.63. The molecule has 10 heteroatoms. The monoisotopic (exact) mass is 382 g/mol. The molecule has 3 amide bonds. The van der Waals surface area contributed by atoms with Gasteiger partial charge >= 0.3 is 0 Å². The van der Waals surface area contributed by atoms with Crippen LogP contribution in [0.2, 0.25) is 0 Å². The zero-order valence-electron chi connectivity index (χ0n) is 16.0. The van der Waals surface area contributed by atoms with Crippen molar-refractivity contribution >= 4 is 17.7 Å². The number of rotatable bonds is 13. The number of nitrogens with one attached hydrogen (secondary N) is 2. The van der Waals surface area contributed by atoms with E-state index in [9.17, 15) is 14.4 Å². The molecule has 1 aromatic rings. The minimum Gasteiger partial charge on any atom is -0.393 e. The minimum absolute atomic E-state index is 0.0237. The first-order valence-corrected chi connectivity index (χ1v) is 9.20. The summed E-state index contributed by atoms with van der Waals surface area (Å²) < 4.78 is 1.73. The second kappa shape index (κ2) is 12.0. The molecule has 0 saturated carbocycles. The summed E-state index contributed by atoms with van der Waals surface area (Å²) in [5, 5.41) is 22.4. The van der Waals surface area contributed by atoms with E-state index in [1.807, 2.05) is 6.20 Å². The Kier molecular flexibility index (Phi) is 10.0. The molecule has 152 valence electrons. The fraction of sp³-hybridized carbons (Fsp3) is 0.706. The topological polar surface area (TPSA) is 152 Å². The maximum Gasteiger partial charge on any atom is 0.242 e. The van der Waals surface area contributed by atoms with Crippen LogP contribution in [0.3, 0.4) is 0 Å². The van der Waals surface area contributed by atoms with Crippen molar-refractivity contribution in [3.63, 3.8) is 0 Å². The molecule has 2 atom stereocenters. The normalized spacial score (nSPS) is 13.0. The summed E-state index contributed by atoms with van der Waals surface area (Å²) in [5.74, 6) is -0.955. The van der Waals surface area contributed by atoms with Crippen molar-refractivity contribution in [2.45, 2.75) is 71.1 Å². The number of aryl methyl sites for hydroxylation is 2. The van der Waals surface area contributed by atoms with Gasteiger partial charge in [0.1, 0.15) is 6.04 Å². The van der Waals surface area contributed by atoms with Gasteiger partial charge in [-0.15, -0.1) is 5.10 Å². The predicted molar refractivity (Wildman–Crippen MR) is 98.3 cm³/mol. The van der Waals surface area contributed by atoms with Gasteiger partial charge in [-0.1, -0.05) is 5.21 Å². The van der Waals surface area contributed by atoms with Crippen LogP contribution < -0.4 is 16.4 Å². The Bertz CT molecular complexity index is 616. The Balaban J connectivity index is 2.12. The van der Waals surface area contributed by atoms with Crippen molar-refractivity contribution in [2.24, 2.45) is 5.73 Å². The standard InChI is InChI=1S/C17H30N6O4/c1-12(24)10-16(26)20-13(2)17(27)19-8-4-3-5-9-23-11-14(21-22-23)6-7-15(18)25/h11-13,24H,3-10H2,1-2H3,(H2,18,25)(H,19,27)(H,20,26)/t12-,13+/m0/s1. The van der Waals surface area contributed by atoms with E-state index in [4.69, 9.17) is 10.8 Å². The van der Waals surface area contributed by atoms with Gasteiger partial charge in [0, 0.05) is 32.1 Å². The van der Waals surface area contributed by atoms with E-state index in [2.05, 4.69) is 20.9 Å². The van der Waals surface area contributed by atoms with Crippen molar-refractivity contribution in [3.05, 3.63) is 11.9 Å². The van der Waals surface area contributed by atoms with Crippen LogP contribution in [0, 0.1) is 0 Å². The third kappa shape index (κ3) is 10.3. The molecular weight excluding hydrogens is 352 g/mol. The lowest BCUT2D eigenvalue weighted by Gasteiger charge is -2.14. The summed E-state index contributed by atoms with van der Waals surface area (Å²) in [4.78, 5) is 34.1. The van der Waals surface area contributed by atoms with E-state index >= 15 is 0 Å². The molecule has 1 aromatic heterocycles. The molecule has 1 rings (SSSR count). The number of carbonyl (C=O) groups excluding carboxylic acids is 3. The lowest BCUT2D eigenvalue weighted by molar-refractivity contribution is -0.129. The van der Waals surface area contributed by atoms with Crippen molar-refractivity contribution in [2.75, 3.05) is 6.54 Å². The van der Waals surface area contributed by atoms with Crippen LogP contribution in [0.4, 0.5) is 0 Å². The molecule has 0 aliphatic heterocycles. The number of hydrogen-bond donors (Lipinski definition) is 4. The predicted octanol–water partition coefficient (Wildman–Crippen LogP) is -0.742. The first-order chi connectivity index (χ1) is 12.8. The number of nitrogens with zero attached hydrogens (tertiary/aromatic N) is 3. The Morgan fingerprint density at radius 3 is 2.67 bits per heavy atom. The van der Waals surface area contributed by atoms with E-state index in [1.165, 1.54) is 6.92 Å². The largest absolute Gasteiger partial charge is 0.393 e. The van der Waals surface area contributed by atoms with Crippen LogP contribution >= 0.6 is 0 Å². The van der Waals surface area contributed by atoms with Gasteiger partial charge in [0.05, 0.1) is 18.2 Å². The van der Waals surface area contributed by atoms with Crippen LogP contribution in [0.5, 0.6) is 0 Å². The number of carbonyl (C=O) groups is 3. The lowest BCUT2D eigenvalue weighted by Crippen LogP contribution is -2.45. The molecule has 27 heavy (non-hydrogen) atoms. The molecule has 0 radical (unpaired) electrons. The van der Waals surface area contributed by atoms with Crippen LogP contribution in [0.1, 0.15) is 51.6 Å². The van der Waals surface area contributed by atoms with Crippen molar-refractivity contribution in [1.82, 2.24) is 25.6 Å². The molecule has 0 aromatic carbocycles. The van der Waals surface area contributed by atoms with Gasteiger partial charge in [-0.2, -0.15) is 0 Å². The molecule has 0 aliphatic rings. The van der Waals surface area contributed by atoms with Gasteiger partial charge in [0.25, 0.3) is 0 Å². The van der Waals surface area contributed by atoms with Crippen molar-refractivity contribution in [1.29, 1.82) is 0 Å². The van der Waals surface area contributed by atoms with Gasteiger partial charge in [-0.3, -0.25) is 19.1 Å². The number of aromatic nitrogens is 3. The van der Waals surface area contributed by atoms with E-state index in [1.54, 1.807) is 11.6 Å². The zero-order valence-corrected chi connectivity index (χ0v) is 16.0. The van der Waals surface area contributed by atoms with E-state index in [0.717, 1.165) is 25.0 Å². The van der Waals surface area contributed by atoms with Gasteiger partial charge in [0.15, 0.2) is 0 Å². The number of hydrogen-bond acceptors (Lipinski definition) is 6. The number of aliphatic hydroxyl groups excluding tert-OH is 1. The Hall–Kier alpha value is -2.49. The number of primary amides is 1. The third-order valence-corrected chi connectivity index (χ3v) is 3.83. The highest BCUT2D eigenvalue weighted by molar-refractivity contribution is 5.87. The fourth-order valence-electron chi connectivity index (χ4n) is 2.39. The molecule has 0 fully saturated rings. The summed E-state index contributed by atoms with van der Waals surface area (Å²) in [5.41, 5.74) is 5.84. The maximum absolute atomic E-state index is 11.9. The SMILES string of the molecule is C[C@H](O)CC(=O)N[C@H](C)C(=O)NCCCCCn1cc(CCC(N)=O)nn1. The minimum atomic E-state index is -0.732. The first-order valence-electron chi connectivity index (χ1n) is 9.20. The molecule has 1 heterocycles. The molecule has 0 spiro atoms. The molecule has 0 saturated heterocycles. The molecular formula is C17H30N6O4. The third-order valence-electron chi connectivity index (χ3n) is 3.83. The number of aliphatic hydroxyl groups is 1. The molecule has 10 nitrogen and oxygen atoms in total. The highest BCUT2D eigenvalue weighted by atomic mass is 16.3. The van der Waals surface area contributed by atoms with Gasteiger partial charge in [-0.05, 0) is 33.1 Å². The highest BCUT2D eigenvalue weighted by Gasteiger charge is 2.15. The zero-order chi connectivity index (χ0) is 20.2. The average molecular weight is 382 g/mol. The first kappa shape index (κ1) is 22.6.